The number of hydrogen-bond acceptors (Lipinski definition) is 5. The van der Waals surface area contributed by atoms with Crippen molar-refractivity contribution >= 4 is 17.4 Å². The number of rotatable bonds is 5. The Kier molecular flexibility index (Phi) is 6.74. The van der Waals surface area contributed by atoms with E-state index in [0.717, 1.165) is 36.6 Å². The summed E-state index contributed by atoms with van der Waals surface area (Å²) in [5.74, 6) is 0.257. The highest BCUT2D eigenvalue weighted by atomic mass is 19.4. The number of anilines is 2. The molecule has 1 atom stereocenters. The average molecular weight is 470 g/mol. The lowest BCUT2D eigenvalue weighted by Crippen LogP contribution is -2.49. The van der Waals surface area contributed by atoms with Crippen LogP contribution in [0, 0.1) is 6.92 Å². The Hall–Kier alpha value is -3.59. The minimum Gasteiger partial charge on any atom is -0.406 e. The van der Waals surface area contributed by atoms with Crippen molar-refractivity contribution in [2.75, 3.05) is 29.9 Å². The third-order valence-electron chi connectivity index (χ3n) is 5.68. The van der Waals surface area contributed by atoms with E-state index in [0.29, 0.717) is 22.9 Å². The van der Waals surface area contributed by atoms with E-state index in [4.69, 9.17) is 0 Å². The maximum atomic E-state index is 12.8. The number of nitrogens with zero attached hydrogens (tertiary/aromatic N) is 2. The minimum absolute atomic E-state index is 0.287. The summed E-state index contributed by atoms with van der Waals surface area (Å²) < 4.78 is 41.1. The number of benzene rings is 2. The van der Waals surface area contributed by atoms with E-state index in [2.05, 4.69) is 32.2 Å². The molecule has 0 aliphatic carbocycles. The van der Waals surface area contributed by atoms with Crippen molar-refractivity contribution in [3.05, 3.63) is 71.9 Å². The lowest BCUT2D eigenvalue weighted by atomic mass is 9.99. The van der Waals surface area contributed by atoms with Gasteiger partial charge in [-0.1, -0.05) is 24.3 Å². The molecule has 1 aliphatic rings. The van der Waals surface area contributed by atoms with Crippen LogP contribution in [0.25, 0.3) is 11.1 Å². The second-order valence-corrected chi connectivity index (χ2v) is 8.21. The molecule has 1 aromatic heterocycles. The largest absolute Gasteiger partial charge is 0.573 e. The summed E-state index contributed by atoms with van der Waals surface area (Å²) in [4.78, 5) is 19.5. The summed E-state index contributed by atoms with van der Waals surface area (Å²) in [6.07, 6.45) is -3.17. The minimum atomic E-state index is -4.74. The quantitative estimate of drug-likeness (QED) is 0.549. The number of alkyl halides is 3. The molecule has 34 heavy (non-hydrogen) atoms. The molecular formula is C25H25F3N4O2. The van der Waals surface area contributed by atoms with Crippen LogP contribution in [0.2, 0.25) is 0 Å². The van der Waals surface area contributed by atoms with Crippen molar-refractivity contribution in [3.8, 4) is 16.9 Å². The number of piperazine rings is 1. The van der Waals surface area contributed by atoms with E-state index in [9.17, 15) is 18.0 Å². The van der Waals surface area contributed by atoms with E-state index in [1.165, 1.54) is 12.1 Å². The number of aromatic nitrogens is 1. The number of pyridine rings is 1. The van der Waals surface area contributed by atoms with E-state index >= 15 is 0 Å². The van der Waals surface area contributed by atoms with Gasteiger partial charge in [-0.05, 0) is 60.9 Å². The summed E-state index contributed by atoms with van der Waals surface area (Å²) >= 11 is 0. The highest BCUT2D eigenvalue weighted by Gasteiger charge is 2.31. The molecule has 0 unspecified atom stereocenters. The first-order chi connectivity index (χ1) is 16.2. The molecular weight excluding hydrogens is 445 g/mol. The Morgan fingerprint density at radius 3 is 2.56 bits per heavy atom. The molecule has 178 valence electrons. The fourth-order valence-electron chi connectivity index (χ4n) is 3.96. The van der Waals surface area contributed by atoms with Gasteiger partial charge in [0.05, 0.1) is 5.56 Å². The van der Waals surface area contributed by atoms with Crippen molar-refractivity contribution in [2.24, 2.45) is 0 Å². The monoisotopic (exact) mass is 470 g/mol. The van der Waals surface area contributed by atoms with Crippen LogP contribution < -0.4 is 20.3 Å². The second kappa shape index (κ2) is 9.72. The Labute approximate surface area is 195 Å². The molecule has 4 rings (SSSR count). The predicted octanol–water partition coefficient (Wildman–Crippen LogP) is 5.01. The van der Waals surface area contributed by atoms with Crippen molar-refractivity contribution in [2.45, 2.75) is 26.3 Å². The Morgan fingerprint density at radius 2 is 1.91 bits per heavy atom. The van der Waals surface area contributed by atoms with Crippen molar-refractivity contribution in [1.82, 2.24) is 10.3 Å². The van der Waals surface area contributed by atoms with E-state index in [1.54, 1.807) is 36.5 Å². The molecule has 1 fully saturated rings. The van der Waals surface area contributed by atoms with Gasteiger partial charge in [0.1, 0.15) is 11.6 Å². The molecule has 1 amide bonds. The normalized spacial score (nSPS) is 16.3. The smallest absolute Gasteiger partial charge is 0.406 e. The van der Waals surface area contributed by atoms with Gasteiger partial charge in [0.15, 0.2) is 0 Å². The van der Waals surface area contributed by atoms with Gasteiger partial charge in [0, 0.05) is 37.6 Å². The fraction of sp³-hybridized carbons (Fsp3) is 0.280. The fourth-order valence-corrected chi connectivity index (χ4v) is 3.96. The standard InChI is InChI=1S/C25H25F3N4O2/c1-16-15-32(13-12-29-16)23-11-8-19(14-30-23)24(33)31-22-5-3-4-21(17(22)2)18-6-9-20(10-7-18)34-25(26,27)28/h3-11,14,16,29H,12-13,15H2,1-2H3,(H,31,33)/t16-/m1/s1. The zero-order valence-electron chi connectivity index (χ0n) is 18.8. The van der Waals surface area contributed by atoms with Crippen LogP contribution in [-0.4, -0.2) is 42.9 Å². The molecule has 1 saturated heterocycles. The first kappa shape index (κ1) is 23.6. The van der Waals surface area contributed by atoms with Crippen LogP contribution in [0.4, 0.5) is 24.7 Å². The number of carbonyl (C=O) groups excluding carboxylic acids is 1. The highest BCUT2D eigenvalue weighted by molar-refractivity contribution is 6.05. The zero-order chi connectivity index (χ0) is 24.3. The van der Waals surface area contributed by atoms with Crippen molar-refractivity contribution in [1.29, 1.82) is 0 Å². The molecule has 0 radical (unpaired) electrons. The topological polar surface area (TPSA) is 66.5 Å². The van der Waals surface area contributed by atoms with Gasteiger partial charge < -0.3 is 20.3 Å². The molecule has 2 N–H and O–H groups in total. The SMILES string of the molecule is Cc1c(NC(=O)c2ccc(N3CCN[C@H](C)C3)nc2)cccc1-c1ccc(OC(F)(F)F)cc1. The summed E-state index contributed by atoms with van der Waals surface area (Å²) in [5.41, 5.74) is 3.33. The van der Waals surface area contributed by atoms with Gasteiger partial charge in [-0.25, -0.2) is 4.98 Å². The van der Waals surface area contributed by atoms with Crippen LogP contribution >= 0.6 is 0 Å². The van der Waals surface area contributed by atoms with Crippen LogP contribution in [0.5, 0.6) is 5.75 Å². The summed E-state index contributed by atoms with van der Waals surface area (Å²) in [7, 11) is 0. The van der Waals surface area contributed by atoms with E-state index < -0.39 is 6.36 Å². The third-order valence-corrected chi connectivity index (χ3v) is 5.68. The average Bonchev–Trinajstić information content (AvgIpc) is 2.80. The first-order valence-electron chi connectivity index (χ1n) is 10.9. The van der Waals surface area contributed by atoms with Crippen molar-refractivity contribution < 1.29 is 22.7 Å². The highest BCUT2D eigenvalue weighted by Crippen LogP contribution is 2.31. The molecule has 0 saturated carbocycles. The number of carbonyl (C=O) groups is 1. The molecule has 3 aromatic rings. The van der Waals surface area contributed by atoms with E-state index in [1.807, 2.05) is 19.1 Å². The number of hydrogen-bond donors (Lipinski definition) is 2. The van der Waals surface area contributed by atoms with Crippen LogP contribution in [0.15, 0.2) is 60.8 Å². The van der Waals surface area contributed by atoms with Gasteiger partial charge in [-0.2, -0.15) is 0 Å². The molecule has 0 bridgehead atoms. The van der Waals surface area contributed by atoms with Gasteiger partial charge >= 0.3 is 6.36 Å². The molecule has 9 heteroatoms. The molecule has 0 spiro atoms. The predicted molar refractivity (Wildman–Crippen MR) is 125 cm³/mol. The Balaban J connectivity index is 1.47. The lowest BCUT2D eigenvalue weighted by Gasteiger charge is -2.32. The Morgan fingerprint density at radius 1 is 1.15 bits per heavy atom. The van der Waals surface area contributed by atoms with E-state index in [-0.39, 0.29) is 11.7 Å². The second-order valence-electron chi connectivity index (χ2n) is 8.21. The molecule has 1 aliphatic heterocycles. The van der Waals surface area contributed by atoms with Crippen LogP contribution in [0.3, 0.4) is 0 Å². The molecule has 6 nitrogen and oxygen atoms in total. The number of nitrogens with one attached hydrogen (secondary N) is 2. The lowest BCUT2D eigenvalue weighted by molar-refractivity contribution is -0.274. The third kappa shape index (κ3) is 5.66. The molecule has 2 aromatic carbocycles. The summed E-state index contributed by atoms with van der Waals surface area (Å²) in [5, 5.41) is 6.30. The van der Waals surface area contributed by atoms with Crippen molar-refractivity contribution in [3.63, 3.8) is 0 Å². The van der Waals surface area contributed by atoms with Crippen LogP contribution in [-0.2, 0) is 0 Å². The zero-order valence-corrected chi connectivity index (χ0v) is 18.8. The number of amides is 1. The number of halogens is 3. The van der Waals surface area contributed by atoms with Gasteiger partial charge in [-0.3, -0.25) is 4.79 Å². The Bertz CT molecular complexity index is 1150. The molecule has 2 heterocycles. The number of ether oxygens (including phenoxy) is 1. The summed E-state index contributed by atoms with van der Waals surface area (Å²) in [6, 6.07) is 15.0. The summed E-state index contributed by atoms with van der Waals surface area (Å²) in [6.45, 7) is 6.57. The maximum Gasteiger partial charge on any atom is 0.573 e. The van der Waals surface area contributed by atoms with Gasteiger partial charge in [0.25, 0.3) is 5.91 Å². The van der Waals surface area contributed by atoms with Crippen LogP contribution in [0.1, 0.15) is 22.8 Å². The van der Waals surface area contributed by atoms with Gasteiger partial charge in [0.2, 0.25) is 0 Å². The van der Waals surface area contributed by atoms with Gasteiger partial charge in [-0.15, -0.1) is 13.2 Å². The maximum absolute atomic E-state index is 12.8. The first-order valence-corrected chi connectivity index (χ1v) is 10.9.